The van der Waals surface area contributed by atoms with Crippen molar-refractivity contribution in [3.63, 3.8) is 0 Å². The van der Waals surface area contributed by atoms with Gasteiger partial charge >= 0.3 is 0 Å². The number of aryl methyl sites for hydroxylation is 1. The molecule has 0 aliphatic rings. The predicted molar refractivity (Wildman–Crippen MR) is 82.6 cm³/mol. The van der Waals surface area contributed by atoms with Crippen LogP contribution in [0.2, 0.25) is 0 Å². The molecule has 2 aromatic carbocycles. The van der Waals surface area contributed by atoms with E-state index in [0.29, 0.717) is 0 Å². The summed E-state index contributed by atoms with van der Waals surface area (Å²) in [6.45, 7) is 4.12. The van der Waals surface area contributed by atoms with E-state index in [1.165, 1.54) is 0 Å². The Morgan fingerprint density at radius 1 is 1.16 bits per heavy atom. The highest BCUT2D eigenvalue weighted by Crippen LogP contribution is 2.27. The van der Waals surface area contributed by atoms with Gasteiger partial charge in [0.15, 0.2) is 0 Å². The molecule has 0 aliphatic carbocycles. The van der Waals surface area contributed by atoms with Crippen LogP contribution < -0.4 is 10.5 Å². The molecule has 0 bridgehead atoms. The number of hydrogen-bond donors (Lipinski definition) is 1. The molecule has 2 N–H and O–H groups in total. The molecule has 3 heteroatoms. The van der Waals surface area contributed by atoms with Gasteiger partial charge in [-0.25, -0.2) is 0 Å². The predicted octanol–water partition coefficient (Wildman–Crippen LogP) is 4.96. The molecule has 100 valence electrons. The molecule has 1 atom stereocenters. The van der Waals surface area contributed by atoms with E-state index in [0.717, 1.165) is 33.5 Å². The van der Waals surface area contributed by atoms with Crippen molar-refractivity contribution in [1.29, 1.82) is 0 Å². The molecular formula is C16H18BrNO. The van der Waals surface area contributed by atoms with Crippen molar-refractivity contribution in [3.05, 3.63) is 58.1 Å². The molecule has 0 aromatic heterocycles. The molecular weight excluding hydrogens is 302 g/mol. The molecule has 0 heterocycles. The smallest absolute Gasteiger partial charge is 0.127 e. The van der Waals surface area contributed by atoms with E-state index in [1.54, 1.807) is 0 Å². The number of hydrogen-bond acceptors (Lipinski definition) is 2. The molecule has 0 saturated heterocycles. The maximum Gasteiger partial charge on any atom is 0.127 e. The van der Waals surface area contributed by atoms with Crippen LogP contribution in [-0.2, 0) is 0 Å². The Balaban J connectivity index is 2.20. The first kappa shape index (κ1) is 14.1. The second-order valence-electron chi connectivity index (χ2n) is 4.60. The summed E-state index contributed by atoms with van der Waals surface area (Å²) < 4.78 is 6.96. The summed E-state index contributed by atoms with van der Waals surface area (Å²) in [6.07, 6.45) is 0.918. The quantitative estimate of drug-likeness (QED) is 0.864. The second kappa shape index (κ2) is 6.22. The molecule has 2 aromatic rings. The molecule has 2 rings (SSSR count). The van der Waals surface area contributed by atoms with Crippen LogP contribution in [0.1, 0.15) is 30.5 Å². The van der Waals surface area contributed by atoms with Crippen LogP contribution in [-0.4, -0.2) is 0 Å². The van der Waals surface area contributed by atoms with Gasteiger partial charge in [0.1, 0.15) is 11.5 Å². The van der Waals surface area contributed by atoms with Crippen molar-refractivity contribution in [2.45, 2.75) is 26.3 Å². The minimum atomic E-state index is 0.0650. The number of halogens is 1. The molecule has 1 unspecified atom stereocenters. The summed E-state index contributed by atoms with van der Waals surface area (Å²) in [5.41, 5.74) is 8.30. The zero-order chi connectivity index (χ0) is 13.8. The van der Waals surface area contributed by atoms with Crippen molar-refractivity contribution in [2.75, 3.05) is 0 Å². The summed E-state index contributed by atoms with van der Waals surface area (Å²) in [6, 6.07) is 14.0. The van der Waals surface area contributed by atoms with Crippen molar-refractivity contribution in [1.82, 2.24) is 0 Å². The first-order chi connectivity index (χ1) is 9.10. The minimum absolute atomic E-state index is 0.0650. The normalized spacial score (nSPS) is 12.2. The van der Waals surface area contributed by atoms with Crippen LogP contribution in [0.4, 0.5) is 0 Å². The summed E-state index contributed by atoms with van der Waals surface area (Å²) in [7, 11) is 0. The van der Waals surface area contributed by atoms with Gasteiger partial charge < -0.3 is 10.5 Å². The van der Waals surface area contributed by atoms with Gasteiger partial charge in [-0.1, -0.05) is 35.0 Å². The third-order valence-electron chi connectivity index (χ3n) is 3.09. The highest BCUT2D eigenvalue weighted by Gasteiger charge is 2.05. The van der Waals surface area contributed by atoms with E-state index in [2.05, 4.69) is 22.9 Å². The zero-order valence-corrected chi connectivity index (χ0v) is 12.8. The Bertz CT molecular complexity index is 568. The van der Waals surface area contributed by atoms with Crippen LogP contribution in [0.25, 0.3) is 0 Å². The maximum atomic E-state index is 6.04. The number of benzene rings is 2. The van der Waals surface area contributed by atoms with Gasteiger partial charge in [-0.05, 0) is 54.8 Å². The minimum Gasteiger partial charge on any atom is -0.457 e. The monoisotopic (exact) mass is 319 g/mol. The fraction of sp³-hybridized carbons (Fsp3) is 0.250. The zero-order valence-electron chi connectivity index (χ0n) is 11.2. The molecule has 0 fully saturated rings. The third kappa shape index (κ3) is 3.58. The van der Waals surface area contributed by atoms with Gasteiger partial charge in [0, 0.05) is 10.5 Å². The molecule has 0 spiro atoms. The standard InChI is InChI=1S/C16H18BrNO/c1-3-16(18)12-5-4-6-13(10-12)19-14-7-8-15(17)11(2)9-14/h4-10,16H,3,18H2,1-2H3. The SMILES string of the molecule is CCC(N)c1cccc(Oc2ccc(Br)c(C)c2)c1. The van der Waals surface area contributed by atoms with Gasteiger partial charge in [0.05, 0.1) is 0 Å². The molecule has 19 heavy (non-hydrogen) atoms. The van der Waals surface area contributed by atoms with E-state index < -0.39 is 0 Å². The Hall–Kier alpha value is -1.32. The second-order valence-corrected chi connectivity index (χ2v) is 5.45. The van der Waals surface area contributed by atoms with Crippen molar-refractivity contribution in [3.8, 4) is 11.5 Å². The van der Waals surface area contributed by atoms with Crippen molar-refractivity contribution < 1.29 is 4.74 Å². The Morgan fingerprint density at radius 2 is 1.89 bits per heavy atom. The number of nitrogens with two attached hydrogens (primary N) is 1. The van der Waals surface area contributed by atoms with E-state index >= 15 is 0 Å². The van der Waals surface area contributed by atoms with Crippen LogP contribution in [0.3, 0.4) is 0 Å². The Labute approximate surface area is 122 Å². The maximum absolute atomic E-state index is 6.04. The summed E-state index contributed by atoms with van der Waals surface area (Å²) >= 11 is 3.48. The molecule has 0 aliphatic heterocycles. The average Bonchev–Trinajstić information content (AvgIpc) is 2.42. The Kier molecular flexibility index (Phi) is 4.61. The van der Waals surface area contributed by atoms with Crippen molar-refractivity contribution >= 4 is 15.9 Å². The molecule has 0 radical (unpaired) electrons. The van der Waals surface area contributed by atoms with E-state index in [4.69, 9.17) is 10.5 Å². The molecule has 0 saturated carbocycles. The summed E-state index contributed by atoms with van der Waals surface area (Å²) in [4.78, 5) is 0. The van der Waals surface area contributed by atoms with E-state index in [9.17, 15) is 0 Å². The lowest BCUT2D eigenvalue weighted by atomic mass is 10.1. The van der Waals surface area contributed by atoms with Gasteiger partial charge in [0.25, 0.3) is 0 Å². The van der Waals surface area contributed by atoms with Gasteiger partial charge in [-0.3, -0.25) is 0 Å². The number of ether oxygens (including phenoxy) is 1. The lowest BCUT2D eigenvalue weighted by Crippen LogP contribution is -2.08. The molecule has 2 nitrogen and oxygen atoms in total. The fourth-order valence-corrected chi connectivity index (χ4v) is 2.11. The fourth-order valence-electron chi connectivity index (χ4n) is 1.86. The lowest BCUT2D eigenvalue weighted by Gasteiger charge is -2.12. The third-order valence-corrected chi connectivity index (χ3v) is 3.98. The van der Waals surface area contributed by atoms with Crippen LogP contribution >= 0.6 is 15.9 Å². The molecule has 0 amide bonds. The van der Waals surface area contributed by atoms with Crippen LogP contribution in [0, 0.1) is 6.92 Å². The first-order valence-electron chi connectivity index (χ1n) is 6.39. The van der Waals surface area contributed by atoms with E-state index in [-0.39, 0.29) is 6.04 Å². The largest absolute Gasteiger partial charge is 0.457 e. The van der Waals surface area contributed by atoms with Crippen LogP contribution in [0.5, 0.6) is 11.5 Å². The van der Waals surface area contributed by atoms with Crippen molar-refractivity contribution in [2.24, 2.45) is 5.73 Å². The van der Waals surface area contributed by atoms with Crippen LogP contribution in [0.15, 0.2) is 46.9 Å². The number of rotatable bonds is 4. The summed E-state index contributed by atoms with van der Waals surface area (Å²) in [5, 5.41) is 0. The van der Waals surface area contributed by atoms with Gasteiger partial charge in [-0.2, -0.15) is 0 Å². The highest BCUT2D eigenvalue weighted by atomic mass is 79.9. The Morgan fingerprint density at radius 3 is 2.58 bits per heavy atom. The topological polar surface area (TPSA) is 35.2 Å². The average molecular weight is 320 g/mol. The van der Waals surface area contributed by atoms with E-state index in [1.807, 2.05) is 49.4 Å². The van der Waals surface area contributed by atoms with Gasteiger partial charge in [0.2, 0.25) is 0 Å². The van der Waals surface area contributed by atoms with Gasteiger partial charge in [-0.15, -0.1) is 0 Å². The lowest BCUT2D eigenvalue weighted by molar-refractivity contribution is 0.480. The first-order valence-corrected chi connectivity index (χ1v) is 7.19. The highest BCUT2D eigenvalue weighted by molar-refractivity contribution is 9.10. The summed E-state index contributed by atoms with van der Waals surface area (Å²) in [5.74, 6) is 1.66.